The summed E-state index contributed by atoms with van der Waals surface area (Å²) in [5.74, 6) is -0.380. The molecule has 1 heterocycles. The zero-order valence-electron chi connectivity index (χ0n) is 36.9. The van der Waals surface area contributed by atoms with Crippen molar-refractivity contribution in [3.63, 3.8) is 0 Å². The molecule has 0 bridgehead atoms. The Morgan fingerprint density at radius 1 is 0.500 bits per heavy atom. The number of pyridine rings is 1. The number of nitrogens with zero attached hydrogens (tertiary/aromatic N) is 1. The Hall–Kier alpha value is -5.30. The highest BCUT2D eigenvalue weighted by atomic mass is 16.2. The quantitative estimate of drug-likeness (QED) is 0.0469. The van der Waals surface area contributed by atoms with Crippen molar-refractivity contribution in [3.05, 3.63) is 158 Å². The highest BCUT2D eigenvalue weighted by Crippen LogP contribution is 2.09. The predicted octanol–water partition coefficient (Wildman–Crippen LogP) is 13.2. The number of unbranched alkanes of at least 4 members (excludes halogenated alkanes) is 2. The standard InChI is InChI=1S/C53H76N4O3/c1-3-5-7-9-11-13-15-17-19-21-22-24-25-27-29-31-33-35-37-42-51(58)55-46-40-39-41-50(53(60)56-49-44-47-54-48-45-49)57-52(59)43-38-36-34-32-30-28-26-23-20-18-16-14-12-10-8-6-4-2/h5-8,11-14,17-20,22,24,26-29,32-35,44-45,47-48,50H,3-4,9-10,15-16,21,23,25,30-31,36-43,46H2,1-2H3,(H,55,58)(H,57,59)(H,54,56,60). The molecule has 0 fully saturated rings. The van der Waals surface area contributed by atoms with E-state index in [0.29, 0.717) is 57.2 Å². The van der Waals surface area contributed by atoms with Gasteiger partial charge in [0, 0.05) is 37.5 Å². The number of amides is 3. The summed E-state index contributed by atoms with van der Waals surface area (Å²) in [6.45, 7) is 4.82. The Morgan fingerprint density at radius 2 is 0.917 bits per heavy atom. The van der Waals surface area contributed by atoms with Crippen molar-refractivity contribution >= 4 is 23.4 Å². The molecule has 0 aliphatic heterocycles. The van der Waals surface area contributed by atoms with Crippen LogP contribution in [0.5, 0.6) is 0 Å². The minimum atomic E-state index is -0.664. The van der Waals surface area contributed by atoms with Crippen LogP contribution in [0.1, 0.15) is 136 Å². The first-order valence-electron chi connectivity index (χ1n) is 22.5. The Labute approximate surface area is 364 Å². The molecule has 0 aliphatic carbocycles. The molecule has 3 N–H and O–H groups in total. The summed E-state index contributed by atoms with van der Waals surface area (Å²) in [5.41, 5.74) is 0.631. The molecule has 1 atom stereocenters. The van der Waals surface area contributed by atoms with Gasteiger partial charge < -0.3 is 16.0 Å². The second-order valence-electron chi connectivity index (χ2n) is 14.2. The first kappa shape index (κ1) is 52.7. The third-order valence-electron chi connectivity index (χ3n) is 8.91. The number of rotatable bonds is 35. The molecular formula is C53H76N4O3. The maximum atomic E-state index is 13.1. The normalized spacial score (nSPS) is 13.2. The lowest BCUT2D eigenvalue weighted by Gasteiger charge is -2.18. The lowest BCUT2D eigenvalue weighted by Crippen LogP contribution is -2.43. The second-order valence-corrected chi connectivity index (χ2v) is 14.2. The van der Waals surface area contributed by atoms with E-state index in [4.69, 9.17) is 0 Å². The van der Waals surface area contributed by atoms with Crippen LogP contribution >= 0.6 is 0 Å². The molecule has 7 nitrogen and oxygen atoms in total. The van der Waals surface area contributed by atoms with Crippen molar-refractivity contribution in [1.82, 2.24) is 15.6 Å². The molecule has 0 radical (unpaired) electrons. The molecule has 3 amide bonds. The summed E-state index contributed by atoms with van der Waals surface area (Å²) < 4.78 is 0. The fraction of sp³-hybridized carbons (Fsp3) is 0.434. The van der Waals surface area contributed by atoms with Crippen LogP contribution < -0.4 is 16.0 Å². The largest absolute Gasteiger partial charge is 0.356 e. The number of hydrogen-bond donors (Lipinski definition) is 3. The van der Waals surface area contributed by atoms with Crippen molar-refractivity contribution in [2.75, 3.05) is 11.9 Å². The van der Waals surface area contributed by atoms with Gasteiger partial charge in [0.1, 0.15) is 6.04 Å². The SMILES string of the molecule is CCC=CCC=CCC=CCC=CCC=CCC=CCCC(=O)NCCCCC(NC(=O)CCCC=CCC=CCC=CCC=CCC=CCC)C(=O)Nc1ccncc1. The average Bonchev–Trinajstić information content (AvgIpc) is 3.25. The molecular weight excluding hydrogens is 741 g/mol. The molecule has 1 aromatic rings. The number of carbonyl (C=O) groups excluding carboxylic acids is 3. The minimum Gasteiger partial charge on any atom is -0.356 e. The number of aromatic nitrogens is 1. The zero-order chi connectivity index (χ0) is 43.2. The van der Waals surface area contributed by atoms with Crippen molar-refractivity contribution in [1.29, 1.82) is 0 Å². The maximum Gasteiger partial charge on any atom is 0.246 e. The van der Waals surface area contributed by atoms with E-state index in [1.807, 2.05) is 0 Å². The van der Waals surface area contributed by atoms with Gasteiger partial charge in [0.05, 0.1) is 0 Å². The number of carbonyl (C=O) groups is 3. The summed E-state index contributed by atoms with van der Waals surface area (Å²) in [6, 6.07) is 2.78. The van der Waals surface area contributed by atoms with Gasteiger partial charge in [-0.05, 0) is 121 Å². The van der Waals surface area contributed by atoms with E-state index in [-0.39, 0.29) is 17.7 Å². The Balaban J connectivity index is 2.27. The first-order valence-corrected chi connectivity index (χ1v) is 22.5. The van der Waals surface area contributed by atoms with Gasteiger partial charge in [-0.15, -0.1) is 0 Å². The topological polar surface area (TPSA) is 100 Å². The van der Waals surface area contributed by atoms with E-state index in [9.17, 15) is 14.4 Å². The molecule has 1 unspecified atom stereocenters. The summed E-state index contributed by atoms with van der Waals surface area (Å²) in [6.07, 6.45) is 66.5. The molecule has 0 aliphatic rings. The molecule has 0 saturated carbocycles. The van der Waals surface area contributed by atoms with Crippen molar-refractivity contribution in [2.45, 2.75) is 142 Å². The summed E-state index contributed by atoms with van der Waals surface area (Å²) >= 11 is 0. The number of nitrogens with one attached hydrogen (secondary N) is 3. The van der Waals surface area contributed by atoms with Crippen molar-refractivity contribution in [3.8, 4) is 0 Å². The van der Waals surface area contributed by atoms with Crippen LogP contribution in [-0.2, 0) is 14.4 Å². The summed E-state index contributed by atoms with van der Waals surface area (Å²) in [7, 11) is 0. The molecule has 1 aromatic heterocycles. The molecule has 0 spiro atoms. The Bertz CT molecular complexity index is 1570. The Morgan fingerprint density at radius 3 is 1.37 bits per heavy atom. The van der Waals surface area contributed by atoms with Gasteiger partial charge in [-0.25, -0.2) is 0 Å². The van der Waals surface area contributed by atoms with E-state index in [1.54, 1.807) is 24.5 Å². The van der Waals surface area contributed by atoms with E-state index >= 15 is 0 Å². The fourth-order valence-electron chi connectivity index (χ4n) is 5.59. The van der Waals surface area contributed by atoms with Gasteiger partial charge in [0.15, 0.2) is 0 Å². The number of allylic oxidation sites excluding steroid dienone is 22. The van der Waals surface area contributed by atoms with E-state index < -0.39 is 6.04 Å². The highest BCUT2D eigenvalue weighted by Gasteiger charge is 2.20. The summed E-state index contributed by atoms with van der Waals surface area (Å²) in [5, 5.41) is 8.82. The molecule has 0 aromatic carbocycles. The zero-order valence-corrected chi connectivity index (χ0v) is 36.9. The van der Waals surface area contributed by atoms with E-state index in [1.165, 1.54) is 0 Å². The fourth-order valence-corrected chi connectivity index (χ4v) is 5.59. The van der Waals surface area contributed by atoms with Crippen LogP contribution in [0.2, 0.25) is 0 Å². The number of anilines is 1. The maximum absolute atomic E-state index is 13.1. The molecule has 1 rings (SSSR count). The third-order valence-corrected chi connectivity index (χ3v) is 8.91. The van der Waals surface area contributed by atoms with Gasteiger partial charge in [0.2, 0.25) is 17.7 Å². The van der Waals surface area contributed by atoms with Gasteiger partial charge in [-0.2, -0.15) is 0 Å². The minimum absolute atomic E-state index is 0.0160. The monoisotopic (exact) mass is 817 g/mol. The van der Waals surface area contributed by atoms with Crippen LogP contribution in [-0.4, -0.2) is 35.3 Å². The molecule has 60 heavy (non-hydrogen) atoms. The van der Waals surface area contributed by atoms with Gasteiger partial charge in [-0.1, -0.05) is 148 Å². The molecule has 7 heteroatoms. The smallest absolute Gasteiger partial charge is 0.246 e. The highest BCUT2D eigenvalue weighted by molar-refractivity contribution is 5.97. The number of hydrogen-bond acceptors (Lipinski definition) is 4. The van der Waals surface area contributed by atoms with Gasteiger partial charge in [0.25, 0.3) is 0 Å². The van der Waals surface area contributed by atoms with Crippen LogP contribution in [0.15, 0.2) is 158 Å². The first-order chi connectivity index (χ1) is 29.6. The summed E-state index contributed by atoms with van der Waals surface area (Å²) in [4.78, 5) is 42.3. The van der Waals surface area contributed by atoms with E-state index in [0.717, 1.165) is 77.0 Å². The van der Waals surface area contributed by atoms with Crippen molar-refractivity contribution < 1.29 is 14.4 Å². The lowest BCUT2D eigenvalue weighted by atomic mass is 10.1. The van der Waals surface area contributed by atoms with Crippen LogP contribution in [0.25, 0.3) is 0 Å². The van der Waals surface area contributed by atoms with Crippen LogP contribution in [0.3, 0.4) is 0 Å². The van der Waals surface area contributed by atoms with Crippen LogP contribution in [0, 0.1) is 0 Å². The van der Waals surface area contributed by atoms with Crippen LogP contribution in [0.4, 0.5) is 5.69 Å². The second kappa shape index (κ2) is 41.8. The van der Waals surface area contributed by atoms with Gasteiger partial charge in [-0.3, -0.25) is 19.4 Å². The molecule has 0 saturated heterocycles. The van der Waals surface area contributed by atoms with Crippen molar-refractivity contribution in [2.24, 2.45) is 0 Å². The third kappa shape index (κ3) is 35.8. The predicted molar refractivity (Wildman–Crippen MR) is 257 cm³/mol. The van der Waals surface area contributed by atoms with Gasteiger partial charge >= 0.3 is 0 Å². The molecule has 326 valence electrons. The lowest BCUT2D eigenvalue weighted by molar-refractivity contribution is -0.126. The Kier molecular flexibility index (Phi) is 36.8. The van der Waals surface area contributed by atoms with E-state index in [2.05, 4.69) is 168 Å². The average molecular weight is 817 g/mol.